The van der Waals surface area contributed by atoms with Crippen LogP contribution < -0.4 is 0 Å². The Balaban J connectivity index is 2.13. The topological polar surface area (TPSA) is 0 Å². The highest BCUT2D eigenvalue weighted by Gasteiger charge is 2.16. The molecule has 0 nitrogen and oxygen atoms in total. The SMILES string of the molecule is C[C@H]1CC[C@H](CCS)CC1. The molecule has 1 saturated carbocycles. The van der Waals surface area contributed by atoms with E-state index >= 15 is 0 Å². The first-order valence-electron chi connectivity index (χ1n) is 4.43. The van der Waals surface area contributed by atoms with E-state index in [4.69, 9.17) is 0 Å². The first kappa shape index (κ1) is 8.45. The molecule has 0 aromatic carbocycles. The van der Waals surface area contributed by atoms with Gasteiger partial charge in [-0.05, 0) is 24.0 Å². The maximum atomic E-state index is 4.25. The van der Waals surface area contributed by atoms with Crippen LogP contribution in [-0.4, -0.2) is 5.75 Å². The standard InChI is InChI=1S/C9H18S/c1-8-2-4-9(5-3-8)6-7-10/h8-10H,2-7H2,1H3/t8-,9-. The van der Waals surface area contributed by atoms with Crippen molar-refractivity contribution in [3.63, 3.8) is 0 Å². The van der Waals surface area contributed by atoms with Gasteiger partial charge in [0.05, 0.1) is 0 Å². The lowest BCUT2D eigenvalue weighted by Crippen LogP contribution is -2.12. The van der Waals surface area contributed by atoms with E-state index in [1.807, 2.05) is 0 Å². The molecule has 0 amide bonds. The quantitative estimate of drug-likeness (QED) is 0.586. The number of rotatable bonds is 2. The summed E-state index contributed by atoms with van der Waals surface area (Å²) < 4.78 is 0. The fraction of sp³-hybridized carbons (Fsp3) is 1.00. The minimum atomic E-state index is 0.996. The van der Waals surface area contributed by atoms with Gasteiger partial charge < -0.3 is 0 Å². The van der Waals surface area contributed by atoms with Gasteiger partial charge in [-0.1, -0.05) is 32.6 Å². The third-order valence-corrected chi connectivity index (χ3v) is 2.93. The molecule has 0 saturated heterocycles. The molecule has 1 rings (SSSR count). The van der Waals surface area contributed by atoms with Crippen LogP contribution in [0.25, 0.3) is 0 Å². The van der Waals surface area contributed by atoms with Crippen molar-refractivity contribution in [1.82, 2.24) is 0 Å². The summed E-state index contributed by atoms with van der Waals surface area (Å²) in [7, 11) is 0. The van der Waals surface area contributed by atoms with Gasteiger partial charge in [-0.3, -0.25) is 0 Å². The predicted molar refractivity (Wildman–Crippen MR) is 49.6 cm³/mol. The van der Waals surface area contributed by atoms with Gasteiger partial charge in [0.1, 0.15) is 0 Å². The van der Waals surface area contributed by atoms with Crippen molar-refractivity contribution < 1.29 is 0 Å². The zero-order chi connectivity index (χ0) is 7.40. The molecule has 1 fully saturated rings. The van der Waals surface area contributed by atoms with Crippen molar-refractivity contribution in [3.05, 3.63) is 0 Å². The molecular formula is C9H18S. The first-order chi connectivity index (χ1) is 4.83. The largest absolute Gasteiger partial charge is 0.179 e. The second kappa shape index (κ2) is 4.27. The molecule has 0 heterocycles. The summed E-state index contributed by atoms with van der Waals surface area (Å²) in [5.41, 5.74) is 0. The van der Waals surface area contributed by atoms with Crippen LogP contribution in [0.3, 0.4) is 0 Å². The van der Waals surface area contributed by atoms with Gasteiger partial charge in [-0.2, -0.15) is 12.6 Å². The van der Waals surface area contributed by atoms with E-state index in [1.54, 1.807) is 0 Å². The summed E-state index contributed by atoms with van der Waals surface area (Å²) in [5, 5.41) is 0. The molecule has 1 aliphatic rings. The Morgan fingerprint density at radius 3 is 2.30 bits per heavy atom. The van der Waals surface area contributed by atoms with Gasteiger partial charge in [0.2, 0.25) is 0 Å². The molecule has 1 aliphatic carbocycles. The van der Waals surface area contributed by atoms with Gasteiger partial charge in [-0.25, -0.2) is 0 Å². The molecule has 0 aromatic heterocycles. The average molecular weight is 158 g/mol. The Morgan fingerprint density at radius 1 is 1.20 bits per heavy atom. The van der Waals surface area contributed by atoms with Crippen molar-refractivity contribution in [2.24, 2.45) is 11.8 Å². The van der Waals surface area contributed by atoms with Crippen LogP contribution in [0.5, 0.6) is 0 Å². The number of thiol groups is 1. The second-order valence-electron chi connectivity index (χ2n) is 3.64. The lowest BCUT2D eigenvalue weighted by Gasteiger charge is -2.25. The molecule has 0 radical (unpaired) electrons. The molecule has 60 valence electrons. The van der Waals surface area contributed by atoms with Crippen molar-refractivity contribution in [1.29, 1.82) is 0 Å². The Morgan fingerprint density at radius 2 is 1.80 bits per heavy atom. The molecule has 10 heavy (non-hydrogen) atoms. The molecule has 0 aromatic rings. The first-order valence-corrected chi connectivity index (χ1v) is 5.07. The third kappa shape index (κ3) is 2.53. The zero-order valence-electron chi connectivity index (χ0n) is 6.84. The second-order valence-corrected chi connectivity index (χ2v) is 4.09. The van der Waals surface area contributed by atoms with Gasteiger partial charge in [0.15, 0.2) is 0 Å². The smallest absolute Gasteiger partial charge is 0.00953 e. The van der Waals surface area contributed by atoms with E-state index < -0.39 is 0 Å². The highest BCUT2D eigenvalue weighted by Crippen LogP contribution is 2.30. The summed E-state index contributed by atoms with van der Waals surface area (Å²) in [6.45, 7) is 2.37. The van der Waals surface area contributed by atoms with Crippen LogP contribution in [0.2, 0.25) is 0 Å². The summed E-state index contributed by atoms with van der Waals surface area (Å²) in [6.07, 6.45) is 7.18. The van der Waals surface area contributed by atoms with Gasteiger partial charge in [0.25, 0.3) is 0 Å². The Hall–Kier alpha value is 0.350. The van der Waals surface area contributed by atoms with Gasteiger partial charge >= 0.3 is 0 Å². The third-order valence-electron chi connectivity index (χ3n) is 2.67. The molecule has 0 N–H and O–H groups in total. The summed E-state index contributed by atoms with van der Waals surface area (Å²) in [6, 6.07) is 0. The normalized spacial score (nSPS) is 34.2. The minimum absolute atomic E-state index is 0.996. The monoisotopic (exact) mass is 158 g/mol. The lowest BCUT2D eigenvalue weighted by molar-refractivity contribution is 0.286. The minimum Gasteiger partial charge on any atom is -0.179 e. The molecule has 0 aliphatic heterocycles. The zero-order valence-corrected chi connectivity index (χ0v) is 7.74. The van der Waals surface area contributed by atoms with Crippen molar-refractivity contribution >= 4 is 12.6 Å². The van der Waals surface area contributed by atoms with Crippen LogP contribution in [-0.2, 0) is 0 Å². The Kier molecular flexibility index (Phi) is 3.61. The van der Waals surface area contributed by atoms with Crippen LogP contribution in [0, 0.1) is 11.8 Å². The van der Waals surface area contributed by atoms with Gasteiger partial charge in [-0.15, -0.1) is 0 Å². The molecule has 0 atom stereocenters. The van der Waals surface area contributed by atoms with Crippen molar-refractivity contribution in [3.8, 4) is 0 Å². The van der Waals surface area contributed by atoms with Crippen molar-refractivity contribution in [2.45, 2.75) is 39.0 Å². The summed E-state index contributed by atoms with van der Waals surface area (Å²) in [4.78, 5) is 0. The van der Waals surface area contributed by atoms with Crippen LogP contribution >= 0.6 is 12.6 Å². The van der Waals surface area contributed by atoms with E-state index in [1.165, 1.54) is 32.1 Å². The van der Waals surface area contributed by atoms with E-state index in [0.29, 0.717) is 0 Å². The maximum Gasteiger partial charge on any atom is -0.00953 e. The fourth-order valence-corrected chi connectivity index (χ4v) is 2.17. The molecular weight excluding hydrogens is 140 g/mol. The fourth-order valence-electron chi connectivity index (χ4n) is 1.80. The maximum absolute atomic E-state index is 4.25. The average Bonchev–Trinajstić information content (AvgIpc) is 1.95. The molecule has 0 unspecified atom stereocenters. The van der Waals surface area contributed by atoms with E-state index in [2.05, 4.69) is 19.6 Å². The predicted octanol–water partition coefficient (Wildman–Crippen LogP) is 3.13. The summed E-state index contributed by atoms with van der Waals surface area (Å²) >= 11 is 4.25. The highest BCUT2D eigenvalue weighted by atomic mass is 32.1. The van der Waals surface area contributed by atoms with Crippen LogP contribution in [0.4, 0.5) is 0 Å². The van der Waals surface area contributed by atoms with E-state index in [9.17, 15) is 0 Å². The number of hydrogen-bond donors (Lipinski definition) is 1. The summed E-state index contributed by atoms with van der Waals surface area (Å²) in [5.74, 6) is 3.09. The molecule has 0 spiro atoms. The number of hydrogen-bond acceptors (Lipinski definition) is 1. The molecule has 0 bridgehead atoms. The van der Waals surface area contributed by atoms with Crippen molar-refractivity contribution in [2.75, 3.05) is 5.75 Å². The van der Waals surface area contributed by atoms with E-state index in [0.717, 1.165) is 17.6 Å². The highest BCUT2D eigenvalue weighted by molar-refractivity contribution is 7.80. The van der Waals surface area contributed by atoms with Crippen LogP contribution in [0.15, 0.2) is 0 Å². The lowest BCUT2D eigenvalue weighted by atomic mass is 9.82. The molecule has 1 heteroatoms. The van der Waals surface area contributed by atoms with Crippen LogP contribution in [0.1, 0.15) is 39.0 Å². The Bertz CT molecular complexity index is 82.7. The Labute approximate surface area is 69.8 Å². The van der Waals surface area contributed by atoms with E-state index in [-0.39, 0.29) is 0 Å². The van der Waals surface area contributed by atoms with Gasteiger partial charge in [0, 0.05) is 0 Å².